The van der Waals surface area contributed by atoms with Gasteiger partial charge in [0.25, 0.3) is 0 Å². The van der Waals surface area contributed by atoms with E-state index in [9.17, 15) is 9.59 Å². The largest absolute Gasteiger partial charge is 0.326 e. The van der Waals surface area contributed by atoms with Crippen LogP contribution >= 0.6 is 0 Å². The van der Waals surface area contributed by atoms with Crippen molar-refractivity contribution in [3.05, 3.63) is 60.2 Å². The second-order valence-electron chi connectivity index (χ2n) is 6.11. The number of carbonyl (C=O) groups excluding carboxylic acids is 2. The van der Waals surface area contributed by atoms with E-state index >= 15 is 0 Å². The summed E-state index contributed by atoms with van der Waals surface area (Å²) in [5.74, 6) is 0.0358. The highest BCUT2D eigenvalue weighted by Gasteiger charge is 2.29. The molecule has 124 valence electrons. The molecule has 5 nitrogen and oxygen atoms in total. The zero-order valence-corrected chi connectivity index (χ0v) is 13.4. The molecule has 0 aromatic heterocycles. The van der Waals surface area contributed by atoms with Crippen LogP contribution in [-0.4, -0.2) is 11.8 Å². The maximum atomic E-state index is 12.2. The number of rotatable bonds is 6. The molecule has 3 rings (SSSR count). The summed E-state index contributed by atoms with van der Waals surface area (Å²) in [6, 6.07) is 16.4. The fourth-order valence-electron chi connectivity index (χ4n) is 2.49. The van der Waals surface area contributed by atoms with Gasteiger partial charge in [-0.1, -0.05) is 36.4 Å². The normalized spacial score (nSPS) is 14.7. The van der Waals surface area contributed by atoms with E-state index in [0.717, 1.165) is 18.4 Å². The van der Waals surface area contributed by atoms with Crippen LogP contribution in [-0.2, 0) is 9.59 Å². The summed E-state index contributed by atoms with van der Waals surface area (Å²) in [5.41, 5.74) is 8.34. The molecule has 1 aliphatic rings. The zero-order valence-electron chi connectivity index (χ0n) is 13.4. The molecule has 2 amide bonds. The number of nitrogens with two attached hydrogens (primary N) is 1. The molecule has 24 heavy (non-hydrogen) atoms. The molecular formula is C19H21N3O2. The summed E-state index contributed by atoms with van der Waals surface area (Å²) in [4.78, 5) is 24.0. The fourth-order valence-corrected chi connectivity index (χ4v) is 2.49. The first-order valence-electron chi connectivity index (χ1n) is 8.13. The van der Waals surface area contributed by atoms with Crippen molar-refractivity contribution in [3.63, 3.8) is 0 Å². The number of anilines is 2. The van der Waals surface area contributed by atoms with Crippen molar-refractivity contribution in [1.82, 2.24) is 0 Å². The molecule has 0 saturated heterocycles. The van der Waals surface area contributed by atoms with Gasteiger partial charge in [0.1, 0.15) is 0 Å². The Bertz CT molecular complexity index is 726. The van der Waals surface area contributed by atoms with Gasteiger partial charge in [0.15, 0.2) is 0 Å². The quantitative estimate of drug-likeness (QED) is 0.764. The maximum Gasteiger partial charge on any atom is 0.227 e. The Morgan fingerprint density at radius 2 is 1.67 bits per heavy atom. The number of amides is 2. The Hall–Kier alpha value is -2.66. The van der Waals surface area contributed by atoms with Crippen LogP contribution in [0.4, 0.5) is 11.4 Å². The minimum Gasteiger partial charge on any atom is -0.326 e. The number of nitrogens with one attached hydrogen (secondary N) is 2. The average Bonchev–Trinajstić information content (AvgIpc) is 3.41. The van der Waals surface area contributed by atoms with Gasteiger partial charge in [0.2, 0.25) is 11.8 Å². The molecule has 1 fully saturated rings. The van der Waals surface area contributed by atoms with Gasteiger partial charge in [0.05, 0.1) is 0 Å². The van der Waals surface area contributed by atoms with Gasteiger partial charge >= 0.3 is 0 Å². The summed E-state index contributed by atoms with van der Waals surface area (Å²) < 4.78 is 0. The second-order valence-corrected chi connectivity index (χ2v) is 6.11. The Morgan fingerprint density at radius 3 is 2.33 bits per heavy atom. The molecule has 4 N–H and O–H groups in total. The lowest BCUT2D eigenvalue weighted by Gasteiger charge is -2.13. The van der Waals surface area contributed by atoms with Gasteiger partial charge in [-0.15, -0.1) is 0 Å². The number of hydrogen-bond donors (Lipinski definition) is 3. The lowest BCUT2D eigenvalue weighted by Crippen LogP contribution is -2.20. The van der Waals surface area contributed by atoms with Crippen molar-refractivity contribution in [3.8, 4) is 0 Å². The van der Waals surface area contributed by atoms with E-state index in [0.29, 0.717) is 11.4 Å². The SMILES string of the molecule is NC(CC(=O)Nc1cccc(NC(=O)C2CC2)c1)c1ccccc1. The van der Waals surface area contributed by atoms with Crippen LogP contribution in [0.15, 0.2) is 54.6 Å². The first-order chi connectivity index (χ1) is 11.6. The van der Waals surface area contributed by atoms with Gasteiger partial charge in [-0.3, -0.25) is 9.59 Å². The average molecular weight is 323 g/mol. The molecule has 0 aliphatic heterocycles. The molecule has 1 saturated carbocycles. The van der Waals surface area contributed by atoms with Crippen LogP contribution in [0.3, 0.4) is 0 Å². The minimum atomic E-state index is -0.344. The van der Waals surface area contributed by atoms with Crippen molar-refractivity contribution >= 4 is 23.2 Å². The fraction of sp³-hybridized carbons (Fsp3) is 0.263. The van der Waals surface area contributed by atoms with Crippen molar-refractivity contribution < 1.29 is 9.59 Å². The van der Waals surface area contributed by atoms with Crippen molar-refractivity contribution in [2.45, 2.75) is 25.3 Å². The van der Waals surface area contributed by atoms with E-state index in [2.05, 4.69) is 10.6 Å². The molecule has 0 radical (unpaired) electrons. The van der Waals surface area contributed by atoms with Crippen LogP contribution in [0.2, 0.25) is 0 Å². The molecule has 1 atom stereocenters. The Morgan fingerprint density at radius 1 is 1.00 bits per heavy atom. The standard InChI is InChI=1S/C19H21N3O2/c20-17(13-5-2-1-3-6-13)12-18(23)21-15-7-4-8-16(11-15)22-19(24)14-9-10-14/h1-8,11,14,17H,9-10,12,20H2,(H,21,23)(H,22,24). The smallest absolute Gasteiger partial charge is 0.227 e. The maximum absolute atomic E-state index is 12.2. The summed E-state index contributed by atoms with van der Waals surface area (Å²) >= 11 is 0. The van der Waals surface area contributed by atoms with Gasteiger partial charge in [-0.2, -0.15) is 0 Å². The highest BCUT2D eigenvalue weighted by Crippen LogP contribution is 2.30. The van der Waals surface area contributed by atoms with Crippen LogP contribution in [0, 0.1) is 5.92 Å². The van der Waals surface area contributed by atoms with E-state index in [1.165, 1.54) is 0 Å². The molecule has 2 aromatic rings. The van der Waals surface area contributed by atoms with E-state index < -0.39 is 0 Å². The molecule has 0 bridgehead atoms. The van der Waals surface area contributed by atoms with Gasteiger partial charge in [-0.25, -0.2) is 0 Å². The number of benzene rings is 2. The lowest BCUT2D eigenvalue weighted by molar-refractivity contribution is -0.117. The van der Waals surface area contributed by atoms with Crippen LogP contribution in [0.1, 0.15) is 30.9 Å². The van der Waals surface area contributed by atoms with E-state index in [4.69, 9.17) is 5.73 Å². The monoisotopic (exact) mass is 323 g/mol. The first kappa shape index (κ1) is 16.2. The van der Waals surface area contributed by atoms with Gasteiger partial charge in [0, 0.05) is 29.8 Å². The highest BCUT2D eigenvalue weighted by molar-refractivity contribution is 5.96. The van der Waals surface area contributed by atoms with E-state index in [-0.39, 0.29) is 30.2 Å². The summed E-state index contributed by atoms with van der Waals surface area (Å²) in [6.07, 6.45) is 2.11. The predicted octanol–water partition coefficient (Wildman–Crippen LogP) is 3.06. The Kier molecular flexibility index (Phi) is 4.91. The lowest BCUT2D eigenvalue weighted by atomic mass is 10.0. The molecule has 0 spiro atoms. The van der Waals surface area contributed by atoms with Crippen LogP contribution in [0.5, 0.6) is 0 Å². The number of hydrogen-bond acceptors (Lipinski definition) is 3. The highest BCUT2D eigenvalue weighted by atomic mass is 16.2. The van der Waals surface area contributed by atoms with Crippen LogP contribution < -0.4 is 16.4 Å². The van der Waals surface area contributed by atoms with Crippen molar-refractivity contribution in [1.29, 1.82) is 0 Å². The van der Waals surface area contributed by atoms with Gasteiger partial charge in [-0.05, 0) is 36.6 Å². The number of carbonyl (C=O) groups is 2. The minimum absolute atomic E-state index is 0.0459. The summed E-state index contributed by atoms with van der Waals surface area (Å²) in [6.45, 7) is 0. The molecule has 2 aromatic carbocycles. The first-order valence-corrected chi connectivity index (χ1v) is 8.13. The third-order valence-electron chi connectivity index (χ3n) is 4.00. The third kappa shape index (κ3) is 4.43. The summed E-state index contributed by atoms with van der Waals surface area (Å²) in [5, 5.41) is 5.70. The molecule has 5 heteroatoms. The second kappa shape index (κ2) is 7.27. The van der Waals surface area contributed by atoms with E-state index in [1.807, 2.05) is 36.4 Å². The van der Waals surface area contributed by atoms with Crippen molar-refractivity contribution in [2.75, 3.05) is 10.6 Å². The van der Waals surface area contributed by atoms with Crippen molar-refractivity contribution in [2.24, 2.45) is 11.7 Å². The Labute approximate surface area is 141 Å². The summed E-state index contributed by atoms with van der Waals surface area (Å²) in [7, 11) is 0. The Balaban J connectivity index is 1.56. The molecule has 1 aliphatic carbocycles. The zero-order chi connectivity index (χ0) is 16.9. The van der Waals surface area contributed by atoms with Crippen LogP contribution in [0.25, 0.3) is 0 Å². The molecular weight excluding hydrogens is 302 g/mol. The van der Waals surface area contributed by atoms with Gasteiger partial charge < -0.3 is 16.4 Å². The molecule has 1 unspecified atom stereocenters. The third-order valence-corrected chi connectivity index (χ3v) is 4.00. The molecule has 0 heterocycles. The van der Waals surface area contributed by atoms with E-state index in [1.54, 1.807) is 18.2 Å². The topological polar surface area (TPSA) is 84.2 Å². The predicted molar refractivity (Wildman–Crippen MR) is 94.4 cm³/mol.